The Labute approximate surface area is 125 Å². The minimum absolute atomic E-state index is 0.362. The molecule has 0 saturated carbocycles. The quantitative estimate of drug-likeness (QED) is 0.857. The van der Waals surface area contributed by atoms with Gasteiger partial charge in [0.25, 0.3) is 0 Å². The molecule has 2 N–H and O–H groups in total. The van der Waals surface area contributed by atoms with Crippen LogP contribution in [0.3, 0.4) is 0 Å². The van der Waals surface area contributed by atoms with Gasteiger partial charge in [-0.15, -0.1) is 0 Å². The van der Waals surface area contributed by atoms with Crippen molar-refractivity contribution >= 4 is 5.69 Å². The van der Waals surface area contributed by atoms with Gasteiger partial charge < -0.3 is 19.9 Å². The first-order valence-corrected chi connectivity index (χ1v) is 6.80. The van der Waals surface area contributed by atoms with Crippen LogP contribution < -0.4 is 14.8 Å². The molecule has 21 heavy (non-hydrogen) atoms. The van der Waals surface area contributed by atoms with E-state index in [-0.39, 0.29) is 0 Å². The first kappa shape index (κ1) is 15.2. The fourth-order valence-corrected chi connectivity index (χ4v) is 2.12. The number of hydrogen-bond acceptors (Lipinski definition) is 4. The predicted molar refractivity (Wildman–Crippen MR) is 84.0 cm³/mol. The Morgan fingerprint density at radius 1 is 1.05 bits per heavy atom. The molecular weight excluding hydrogens is 266 g/mol. The van der Waals surface area contributed by atoms with Crippen molar-refractivity contribution in [2.75, 3.05) is 26.1 Å². The lowest BCUT2D eigenvalue weighted by Gasteiger charge is -2.25. The highest BCUT2D eigenvalue weighted by Crippen LogP contribution is 2.30. The van der Waals surface area contributed by atoms with Gasteiger partial charge in [-0.05, 0) is 24.6 Å². The monoisotopic (exact) mass is 287 g/mol. The number of nitrogens with one attached hydrogen (secondary N) is 1. The summed E-state index contributed by atoms with van der Waals surface area (Å²) in [6, 6.07) is 15.1. The molecular formula is C17H21NO3. The number of methoxy groups -OCH3 is 2. The van der Waals surface area contributed by atoms with Crippen LogP contribution in [0.15, 0.2) is 48.5 Å². The number of benzene rings is 2. The second-order valence-electron chi connectivity index (χ2n) is 5.06. The summed E-state index contributed by atoms with van der Waals surface area (Å²) in [5.74, 6) is 1.44. The van der Waals surface area contributed by atoms with E-state index in [2.05, 4.69) is 5.32 Å². The Kier molecular flexibility index (Phi) is 4.70. The third-order valence-electron chi connectivity index (χ3n) is 3.43. The van der Waals surface area contributed by atoms with Gasteiger partial charge in [0.15, 0.2) is 0 Å². The van der Waals surface area contributed by atoms with E-state index in [1.54, 1.807) is 21.1 Å². The molecule has 0 bridgehead atoms. The first-order valence-electron chi connectivity index (χ1n) is 6.80. The third-order valence-corrected chi connectivity index (χ3v) is 3.43. The lowest BCUT2D eigenvalue weighted by atomic mass is 9.96. The van der Waals surface area contributed by atoms with E-state index in [0.717, 1.165) is 17.0 Å². The summed E-state index contributed by atoms with van der Waals surface area (Å²) >= 11 is 0. The molecule has 0 aromatic heterocycles. The maximum Gasteiger partial charge on any atom is 0.142 e. The van der Waals surface area contributed by atoms with Crippen molar-refractivity contribution in [2.24, 2.45) is 0 Å². The molecule has 0 spiro atoms. The number of anilines is 1. The van der Waals surface area contributed by atoms with Crippen molar-refractivity contribution in [1.29, 1.82) is 0 Å². The van der Waals surface area contributed by atoms with E-state index >= 15 is 0 Å². The second kappa shape index (κ2) is 6.50. The Morgan fingerprint density at radius 2 is 1.76 bits per heavy atom. The summed E-state index contributed by atoms with van der Waals surface area (Å²) in [4.78, 5) is 0. The zero-order valence-corrected chi connectivity index (χ0v) is 12.6. The van der Waals surface area contributed by atoms with Crippen molar-refractivity contribution in [2.45, 2.75) is 12.5 Å². The van der Waals surface area contributed by atoms with Gasteiger partial charge in [0.05, 0.1) is 19.9 Å². The van der Waals surface area contributed by atoms with Gasteiger partial charge in [-0.3, -0.25) is 0 Å². The molecule has 1 unspecified atom stereocenters. The minimum atomic E-state index is -0.977. The number of hydrogen-bond donors (Lipinski definition) is 2. The zero-order chi connectivity index (χ0) is 15.3. The smallest absolute Gasteiger partial charge is 0.142 e. The Bertz CT molecular complexity index is 582. The summed E-state index contributed by atoms with van der Waals surface area (Å²) in [5.41, 5.74) is 0.669. The van der Waals surface area contributed by atoms with Crippen molar-refractivity contribution < 1.29 is 14.6 Å². The van der Waals surface area contributed by atoms with E-state index in [4.69, 9.17) is 9.47 Å². The van der Waals surface area contributed by atoms with E-state index in [9.17, 15) is 5.11 Å². The number of rotatable bonds is 6. The van der Waals surface area contributed by atoms with Crippen molar-refractivity contribution in [3.63, 3.8) is 0 Å². The van der Waals surface area contributed by atoms with Gasteiger partial charge in [-0.1, -0.05) is 30.3 Å². The average molecular weight is 287 g/mol. The maximum atomic E-state index is 10.6. The van der Waals surface area contributed by atoms with Crippen molar-refractivity contribution in [3.8, 4) is 11.5 Å². The Morgan fingerprint density at radius 3 is 2.38 bits per heavy atom. The van der Waals surface area contributed by atoms with Gasteiger partial charge in [0.1, 0.15) is 17.1 Å². The van der Waals surface area contributed by atoms with E-state index in [1.165, 1.54) is 0 Å². The van der Waals surface area contributed by atoms with E-state index in [1.807, 2.05) is 48.5 Å². The maximum absolute atomic E-state index is 10.6. The summed E-state index contributed by atoms with van der Waals surface area (Å²) in [7, 11) is 3.23. The predicted octanol–water partition coefficient (Wildman–Crippen LogP) is 3.02. The standard InChI is InChI=1S/C17H21NO3/c1-17(19,13-7-5-4-6-8-13)12-18-15-11-14(20-2)9-10-16(15)21-3/h4-11,18-19H,12H2,1-3H3. The highest BCUT2D eigenvalue weighted by molar-refractivity contribution is 5.60. The molecule has 0 aliphatic rings. The second-order valence-corrected chi connectivity index (χ2v) is 5.06. The van der Waals surface area contributed by atoms with Crippen LogP contribution in [0.4, 0.5) is 5.69 Å². The number of aliphatic hydroxyl groups is 1. The highest BCUT2D eigenvalue weighted by atomic mass is 16.5. The van der Waals surface area contributed by atoms with Crippen LogP contribution in [-0.2, 0) is 5.60 Å². The lowest BCUT2D eigenvalue weighted by Crippen LogP contribution is -2.30. The van der Waals surface area contributed by atoms with Gasteiger partial charge in [0, 0.05) is 12.6 Å². The number of ether oxygens (including phenoxy) is 2. The molecule has 4 nitrogen and oxygen atoms in total. The molecule has 4 heteroatoms. The van der Waals surface area contributed by atoms with Crippen LogP contribution in [0.25, 0.3) is 0 Å². The van der Waals surface area contributed by atoms with Gasteiger partial charge in [-0.25, -0.2) is 0 Å². The molecule has 2 aromatic rings. The Hall–Kier alpha value is -2.20. The van der Waals surface area contributed by atoms with Crippen LogP contribution in [0.1, 0.15) is 12.5 Å². The summed E-state index contributed by atoms with van der Waals surface area (Å²) < 4.78 is 10.5. The molecule has 1 atom stereocenters. The summed E-state index contributed by atoms with van der Waals surface area (Å²) in [6.45, 7) is 2.14. The van der Waals surface area contributed by atoms with Crippen LogP contribution >= 0.6 is 0 Å². The first-order chi connectivity index (χ1) is 10.1. The molecule has 0 fully saturated rings. The lowest BCUT2D eigenvalue weighted by molar-refractivity contribution is 0.0715. The fraction of sp³-hybridized carbons (Fsp3) is 0.294. The summed E-state index contributed by atoms with van der Waals surface area (Å²) in [5, 5.41) is 13.8. The van der Waals surface area contributed by atoms with E-state index < -0.39 is 5.60 Å². The van der Waals surface area contributed by atoms with Gasteiger partial charge in [-0.2, -0.15) is 0 Å². The molecule has 0 amide bonds. The van der Waals surface area contributed by atoms with Crippen LogP contribution in [0.2, 0.25) is 0 Å². The van der Waals surface area contributed by atoms with Crippen LogP contribution in [0, 0.1) is 0 Å². The average Bonchev–Trinajstić information content (AvgIpc) is 2.53. The zero-order valence-electron chi connectivity index (χ0n) is 12.6. The topological polar surface area (TPSA) is 50.7 Å². The normalized spacial score (nSPS) is 13.3. The van der Waals surface area contributed by atoms with Crippen LogP contribution in [0.5, 0.6) is 11.5 Å². The molecule has 0 aliphatic heterocycles. The summed E-state index contributed by atoms with van der Waals surface area (Å²) in [6.07, 6.45) is 0. The van der Waals surface area contributed by atoms with Crippen molar-refractivity contribution in [3.05, 3.63) is 54.1 Å². The fourth-order valence-electron chi connectivity index (χ4n) is 2.12. The van der Waals surface area contributed by atoms with Gasteiger partial charge in [0.2, 0.25) is 0 Å². The molecule has 0 saturated heterocycles. The molecule has 0 heterocycles. The molecule has 112 valence electrons. The molecule has 2 aromatic carbocycles. The van der Waals surface area contributed by atoms with E-state index in [0.29, 0.717) is 12.3 Å². The third kappa shape index (κ3) is 3.67. The van der Waals surface area contributed by atoms with Crippen molar-refractivity contribution in [1.82, 2.24) is 0 Å². The SMILES string of the molecule is COc1ccc(OC)c(NCC(C)(O)c2ccccc2)c1. The van der Waals surface area contributed by atoms with Crippen LogP contribution in [-0.4, -0.2) is 25.9 Å². The highest BCUT2D eigenvalue weighted by Gasteiger charge is 2.23. The largest absolute Gasteiger partial charge is 0.497 e. The van der Waals surface area contributed by atoms with Gasteiger partial charge >= 0.3 is 0 Å². The molecule has 0 radical (unpaired) electrons. The minimum Gasteiger partial charge on any atom is -0.497 e. The molecule has 0 aliphatic carbocycles. The molecule has 2 rings (SSSR count). The Balaban J connectivity index is 2.15.